The van der Waals surface area contributed by atoms with Gasteiger partial charge in [-0.05, 0) is 93.2 Å². The van der Waals surface area contributed by atoms with Gasteiger partial charge in [-0.15, -0.1) is 0 Å². The van der Waals surface area contributed by atoms with Crippen LogP contribution in [-0.2, 0) is 81.6 Å². The number of aliphatic hydroxyl groups is 1. The van der Waals surface area contributed by atoms with Crippen LogP contribution in [0, 0.1) is 23.7 Å². The molecule has 0 aliphatic carbocycles. The van der Waals surface area contributed by atoms with Crippen molar-refractivity contribution >= 4 is 76.9 Å². The molecule has 10 N–H and O–H groups in total. The van der Waals surface area contributed by atoms with Gasteiger partial charge in [-0.3, -0.25) is 62.3 Å². The Morgan fingerprint density at radius 2 is 0.883 bits per heavy atom. The molecule has 1 saturated heterocycles. The van der Waals surface area contributed by atoms with Crippen molar-refractivity contribution in [1.29, 1.82) is 0 Å². The van der Waals surface area contributed by atoms with E-state index < -0.39 is 168 Å². The van der Waals surface area contributed by atoms with Gasteiger partial charge in [-0.1, -0.05) is 146 Å². The van der Waals surface area contributed by atoms with E-state index in [2.05, 4.69) is 31.9 Å². The van der Waals surface area contributed by atoms with Gasteiger partial charge < -0.3 is 77.2 Å². The largest absolute Gasteiger partial charge is 0.481 e. The van der Waals surface area contributed by atoms with Gasteiger partial charge in [0.1, 0.15) is 60.4 Å². The van der Waals surface area contributed by atoms with Gasteiger partial charge in [0.25, 0.3) is 0 Å². The first-order valence-corrected chi connectivity index (χ1v) is 35.6. The molecule has 103 heavy (non-hydrogen) atoms. The maximum Gasteiger partial charge on any atom is 0.305 e. The monoisotopic (exact) mass is 1440 g/mol. The molecule has 1 aliphatic heterocycles. The Bertz CT molecular complexity index is 3350. The summed E-state index contributed by atoms with van der Waals surface area (Å²) in [6, 6.07) is 11.5. The second kappa shape index (κ2) is 41.1. The third-order valence-corrected chi connectivity index (χ3v) is 18.5. The van der Waals surface area contributed by atoms with Crippen molar-refractivity contribution in [3.63, 3.8) is 0 Å². The van der Waals surface area contributed by atoms with E-state index in [1.807, 2.05) is 27.7 Å². The Kier molecular flexibility index (Phi) is 34.4. The van der Waals surface area contributed by atoms with Crippen LogP contribution in [0.15, 0.2) is 91.0 Å². The molecule has 9 unspecified atom stereocenters. The standard InChI is InChI=1S/C75H113N13O15/c1-44(2)37-56(85(14)74(102)62(46(5)6)81-65(93)48(9)76)69(97)82-63(50(11)89)75(103)86(15)57(40-52-31-23-18-24-32-52)67(95)77-43-60(90)83(12)59(38-45(3)4)73(101)87(16)64(47(7)8)70(98)79-54(39-51-29-21-17-22-30-51)66(94)80-55(42-61(91)92)72(100)84(13)58(41-53-33-25-19-26-34-53)68(96)78-49(10)71(99)88-35-27-20-28-36-88/h17-19,21-26,29-34,44-50,54-59,62-64,89H,20,27-28,35-43,76H2,1-16H3,(H,77,95)(H,78,96)(H,79,98)(H,80,94)(H,81,93)(H,82,97)(H,91,92)/t48?,49-,50+,54?,55?,56?,57?,58-,59?,62?,63?,64?/m0/s1. The van der Waals surface area contributed by atoms with E-state index in [1.165, 1.54) is 54.0 Å². The molecule has 0 aromatic heterocycles. The molecule has 1 aliphatic rings. The van der Waals surface area contributed by atoms with E-state index in [0.29, 0.717) is 29.8 Å². The summed E-state index contributed by atoms with van der Waals surface area (Å²) >= 11 is 0. The molecule has 12 atom stereocenters. The molecule has 28 heteroatoms. The maximum absolute atomic E-state index is 15.1. The lowest BCUT2D eigenvalue weighted by Gasteiger charge is -2.37. The summed E-state index contributed by atoms with van der Waals surface area (Å²) in [5.41, 5.74) is 7.58. The first kappa shape index (κ1) is 86.1. The smallest absolute Gasteiger partial charge is 0.305 e. The minimum Gasteiger partial charge on any atom is -0.481 e. The minimum atomic E-state index is -1.79. The molecule has 28 nitrogen and oxygen atoms in total. The van der Waals surface area contributed by atoms with E-state index in [4.69, 9.17) is 5.73 Å². The normalized spacial score (nSPS) is 15.8. The van der Waals surface area contributed by atoms with Crippen LogP contribution in [0.4, 0.5) is 0 Å². The number of carbonyl (C=O) groups excluding carboxylic acids is 12. The number of piperidine rings is 1. The van der Waals surface area contributed by atoms with E-state index in [-0.39, 0.29) is 49.8 Å². The van der Waals surface area contributed by atoms with E-state index in [1.54, 1.807) is 131 Å². The molecular weight excluding hydrogens is 1320 g/mol. The first-order valence-electron chi connectivity index (χ1n) is 35.6. The summed E-state index contributed by atoms with van der Waals surface area (Å²) < 4.78 is 0. The van der Waals surface area contributed by atoms with E-state index in [9.17, 15) is 67.7 Å². The zero-order valence-electron chi connectivity index (χ0n) is 62.8. The first-order chi connectivity index (χ1) is 48.4. The lowest BCUT2D eigenvalue weighted by atomic mass is 9.96. The average molecular weight is 1440 g/mol. The number of nitrogens with two attached hydrogens (primary N) is 1. The second-order valence-electron chi connectivity index (χ2n) is 28.7. The Morgan fingerprint density at radius 1 is 0.447 bits per heavy atom. The van der Waals surface area contributed by atoms with Crippen LogP contribution >= 0.6 is 0 Å². The number of aliphatic hydroxyl groups excluding tert-OH is 1. The highest BCUT2D eigenvalue weighted by Gasteiger charge is 2.43. The van der Waals surface area contributed by atoms with Crippen molar-refractivity contribution in [3.05, 3.63) is 108 Å². The van der Waals surface area contributed by atoms with E-state index >= 15 is 4.79 Å². The van der Waals surface area contributed by atoms with Crippen molar-refractivity contribution in [2.75, 3.05) is 54.9 Å². The number of nitrogens with one attached hydrogen (secondary N) is 6. The molecule has 0 bridgehead atoms. The third kappa shape index (κ3) is 25.9. The molecule has 0 spiro atoms. The highest BCUT2D eigenvalue weighted by Crippen LogP contribution is 2.22. The predicted octanol–water partition coefficient (Wildman–Crippen LogP) is 2.03. The number of carboxylic acids is 1. The topological polar surface area (TPSA) is 380 Å². The van der Waals surface area contributed by atoms with Crippen molar-refractivity contribution < 1.29 is 72.5 Å². The number of likely N-dealkylation sites (tertiary alicyclic amines) is 1. The van der Waals surface area contributed by atoms with Crippen molar-refractivity contribution in [2.24, 2.45) is 29.4 Å². The number of amides is 12. The van der Waals surface area contributed by atoms with Gasteiger partial charge in [0.15, 0.2) is 0 Å². The molecule has 0 radical (unpaired) electrons. The number of nitrogens with zero attached hydrogens (tertiary/aromatic N) is 6. The Labute approximate surface area is 606 Å². The van der Waals surface area contributed by atoms with Gasteiger partial charge in [0, 0.05) is 67.6 Å². The van der Waals surface area contributed by atoms with Crippen LogP contribution in [0.3, 0.4) is 0 Å². The average Bonchev–Trinajstić information content (AvgIpc) is 0.837. The van der Waals surface area contributed by atoms with E-state index in [0.717, 1.165) is 38.9 Å². The molecule has 1 fully saturated rings. The van der Waals surface area contributed by atoms with Gasteiger partial charge in [-0.25, -0.2) is 0 Å². The summed E-state index contributed by atoms with van der Waals surface area (Å²) in [6.45, 7) is 18.7. The fraction of sp³-hybridized carbons (Fsp3) is 0.587. The zero-order chi connectivity index (χ0) is 77.3. The Balaban J connectivity index is 1.61. The number of carbonyl (C=O) groups is 13. The number of hydrogen-bond acceptors (Lipinski definition) is 15. The van der Waals surface area contributed by atoms with Crippen LogP contribution in [0.25, 0.3) is 0 Å². The number of benzene rings is 3. The summed E-state index contributed by atoms with van der Waals surface area (Å²) in [4.78, 5) is 192. The fourth-order valence-corrected chi connectivity index (χ4v) is 12.4. The van der Waals surface area contributed by atoms with Crippen LogP contribution in [0.5, 0.6) is 0 Å². The molecule has 3 aromatic rings. The maximum atomic E-state index is 15.1. The van der Waals surface area contributed by atoms with Gasteiger partial charge >= 0.3 is 5.97 Å². The van der Waals surface area contributed by atoms with Crippen LogP contribution in [-0.4, -0.2) is 244 Å². The SMILES string of the molecule is CC(C)CC(C(=O)N(C)C(C(=O)NC(Cc1ccccc1)C(=O)NC(CC(=O)O)C(=O)N(C)[C@@H](Cc1ccccc1)C(=O)N[C@@H](C)C(=O)N1CCCCC1)C(C)C)N(C)C(=O)CNC(=O)C(Cc1ccccc1)N(C)C(=O)C(NC(=O)C(CC(C)C)N(C)C(=O)C(NC(=O)C(C)N)C(C)C)[C@@H](C)O. The van der Waals surface area contributed by atoms with Gasteiger partial charge in [-0.2, -0.15) is 0 Å². The third-order valence-electron chi connectivity index (χ3n) is 18.5. The summed E-state index contributed by atoms with van der Waals surface area (Å²) in [7, 11) is 6.74. The lowest BCUT2D eigenvalue weighted by molar-refractivity contribution is -0.150. The Morgan fingerprint density at radius 3 is 1.35 bits per heavy atom. The molecule has 3 aromatic carbocycles. The number of carboxylic acid groups (broad SMARTS) is 1. The highest BCUT2D eigenvalue weighted by molar-refractivity contribution is 6.00. The number of hydrogen-bond donors (Lipinski definition) is 9. The summed E-state index contributed by atoms with van der Waals surface area (Å²) in [5, 5.41) is 37.4. The molecule has 1 heterocycles. The molecule has 12 amide bonds. The quantitative estimate of drug-likeness (QED) is 0.0396. The van der Waals surface area contributed by atoms with Crippen molar-refractivity contribution in [1.82, 2.24) is 61.3 Å². The van der Waals surface area contributed by atoms with Crippen molar-refractivity contribution in [3.8, 4) is 0 Å². The van der Waals surface area contributed by atoms with Crippen LogP contribution < -0.4 is 37.6 Å². The van der Waals surface area contributed by atoms with Crippen molar-refractivity contribution in [2.45, 2.75) is 207 Å². The number of aliphatic carboxylic acids is 1. The molecule has 0 saturated carbocycles. The molecule has 568 valence electrons. The molecule has 4 rings (SSSR count). The van der Waals surface area contributed by atoms with Crippen LogP contribution in [0.1, 0.15) is 131 Å². The Hall–Kier alpha value is -9.31. The fourth-order valence-electron chi connectivity index (χ4n) is 12.4. The van der Waals surface area contributed by atoms with Gasteiger partial charge in [0.05, 0.1) is 25.1 Å². The zero-order valence-corrected chi connectivity index (χ0v) is 62.8. The summed E-state index contributed by atoms with van der Waals surface area (Å²) in [5.74, 6) is -11.8. The highest BCUT2D eigenvalue weighted by atomic mass is 16.4. The minimum absolute atomic E-state index is 0.0522. The second-order valence-corrected chi connectivity index (χ2v) is 28.7. The number of rotatable bonds is 38. The lowest BCUT2D eigenvalue weighted by Crippen LogP contribution is -2.62. The predicted molar refractivity (Wildman–Crippen MR) is 388 cm³/mol. The molecular formula is C75H113N13O15. The number of likely N-dealkylation sites (N-methyl/N-ethyl adjacent to an activating group) is 5. The van der Waals surface area contributed by atoms with Crippen LogP contribution in [0.2, 0.25) is 0 Å². The van der Waals surface area contributed by atoms with Gasteiger partial charge in [0.2, 0.25) is 70.9 Å². The summed E-state index contributed by atoms with van der Waals surface area (Å²) in [6.07, 6.45) is -0.0525.